The minimum Gasteiger partial charge on any atom is -0.450 e. The van der Waals surface area contributed by atoms with Crippen molar-refractivity contribution in [3.8, 4) is 0 Å². The van der Waals surface area contributed by atoms with Gasteiger partial charge in [0.15, 0.2) is 0 Å². The SMILES string of the molecule is CCOC(=O)N1CCN(C(=O)C(C)n2cc(NC(=O)c3ccc(Cl)c([N+](=O)[O-])c3)c(C)n2)CC1. The maximum atomic E-state index is 13.0. The van der Waals surface area contributed by atoms with Crippen LogP contribution in [-0.2, 0) is 9.53 Å². The summed E-state index contributed by atoms with van der Waals surface area (Å²) >= 11 is 5.80. The molecule has 0 aliphatic carbocycles. The first-order valence-electron chi connectivity index (χ1n) is 10.6. The highest BCUT2D eigenvalue weighted by atomic mass is 35.5. The molecule has 12 nitrogen and oxygen atoms in total. The number of ether oxygens (including phenoxy) is 1. The lowest BCUT2D eigenvalue weighted by atomic mass is 10.2. The molecule has 2 heterocycles. The van der Waals surface area contributed by atoms with Crippen LogP contribution in [-0.4, -0.2) is 75.2 Å². The van der Waals surface area contributed by atoms with Crippen molar-refractivity contribution in [2.75, 3.05) is 38.1 Å². The van der Waals surface area contributed by atoms with Crippen LogP contribution in [0, 0.1) is 17.0 Å². The number of carbonyl (C=O) groups excluding carboxylic acids is 3. The highest BCUT2D eigenvalue weighted by Crippen LogP contribution is 2.26. The second kappa shape index (κ2) is 10.5. The van der Waals surface area contributed by atoms with E-state index in [4.69, 9.17) is 16.3 Å². The molecule has 1 atom stereocenters. The Hall–Kier alpha value is -3.67. The molecule has 3 amide bonds. The third-order valence-electron chi connectivity index (χ3n) is 5.44. The van der Waals surface area contributed by atoms with Gasteiger partial charge in [0.05, 0.1) is 22.9 Å². The Bertz CT molecular complexity index is 1110. The topological polar surface area (TPSA) is 140 Å². The van der Waals surface area contributed by atoms with Crippen LogP contribution in [0.25, 0.3) is 0 Å². The molecule has 13 heteroatoms. The van der Waals surface area contributed by atoms with Crippen LogP contribution in [0.3, 0.4) is 0 Å². The van der Waals surface area contributed by atoms with Crippen LogP contribution in [0.5, 0.6) is 0 Å². The van der Waals surface area contributed by atoms with E-state index >= 15 is 0 Å². The number of nitro groups is 1. The molecule has 1 fully saturated rings. The van der Waals surface area contributed by atoms with Crippen molar-refractivity contribution in [2.24, 2.45) is 0 Å². The monoisotopic (exact) mass is 492 g/mol. The molecule has 1 N–H and O–H groups in total. The fraction of sp³-hybridized carbons (Fsp3) is 0.429. The van der Waals surface area contributed by atoms with Crippen LogP contribution in [0.4, 0.5) is 16.2 Å². The minimum atomic E-state index is -0.664. The normalized spacial score (nSPS) is 14.5. The fourth-order valence-electron chi connectivity index (χ4n) is 3.49. The summed E-state index contributed by atoms with van der Waals surface area (Å²) in [6, 6.07) is 3.12. The highest BCUT2D eigenvalue weighted by Gasteiger charge is 2.29. The predicted molar refractivity (Wildman–Crippen MR) is 123 cm³/mol. The zero-order chi connectivity index (χ0) is 25.0. The maximum absolute atomic E-state index is 13.0. The van der Waals surface area contributed by atoms with Gasteiger partial charge in [0.25, 0.3) is 11.6 Å². The number of nitrogens with zero attached hydrogens (tertiary/aromatic N) is 5. The molecule has 2 aromatic rings. The Kier molecular flexibility index (Phi) is 7.72. The van der Waals surface area contributed by atoms with E-state index in [1.54, 1.807) is 30.6 Å². The smallest absolute Gasteiger partial charge is 0.409 e. The van der Waals surface area contributed by atoms with E-state index in [0.29, 0.717) is 44.2 Å². The summed E-state index contributed by atoms with van der Waals surface area (Å²) in [4.78, 5) is 51.0. The van der Waals surface area contributed by atoms with Crippen LogP contribution in [0.2, 0.25) is 5.02 Å². The number of benzene rings is 1. The molecule has 1 saturated heterocycles. The van der Waals surface area contributed by atoms with Crippen molar-refractivity contribution in [1.82, 2.24) is 19.6 Å². The van der Waals surface area contributed by atoms with Crippen LogP contribution in [0.1, 0.15) is 35.9 Å². The van der Waals surface area contributed by atoms with Gasteiger partial charge in [0, 0.05) is 44.0 Å². The van der Waals surface area contributed by atoms with E-state index in [0.717, 1.165) is 6.07 Å². The minimum absolute atomic E-state index is 0.0619. The highest BCUT2D eigenvalue weighted by molar-refractivity contribution is 6.32. The molecule has 1 unspecified atom stereocenters. The molecular formula is C21H25ClN6O6. The molecule has 1 aliphatic rings. The number of rotatable bonds is 6. The number of amides is 3. The van der Waals surface area contributed by atoms with Crippen molar-refractivity contribution in [3.05, 3.63) is 50.8 Å². The number of aryl methyl sites for hydroxylation is 1. The zero-order valence-corrected chi connectivity index (χ0v) is 19.7. The largest absolute Gasteiger partial charge is 0.450 e. The number of piperazine rings is 1. The van der Waals surface area contributed by atoms with Gasteiger partial charge in [-0.15, -0.1) is 0 Å². The van der Waals surface area contributed by atoms with Crippen LogP contribution in [0.15, 0.2) is 24.4 Å². The molecule has 0 spiro atoms. The van der Waals surface area contributed by atoms with Gasteiger partial charge in [0.2, 0.25) is 5.91 Å². The van der Waals surface area contributed by atoms with Gasteiger partial charge >= 0.3 is 6.09 Å². The van der Waals surface area contributed by atoms with Crippen molar-refractivity contribution < 1.29 is 24.0 Å². The molecule has 0 radical (unpaired) electrons. The third-order valence-corrected chi connectivity index (χ3v) is 5.76. The van der Waals surface area contributed by atoms with E-state index in [-0.39, 0.29) is 22.2 Å². The Balaban J connectivity index is 1.66. The van der Waals surface area contributed by atoms with Gasteiger partial charge in [-0.1, -0.05) is 11.6 Å². The molecular weight excluding hydrogens is 468 g/mol. The fourth-order valence-corrected chi connectivity index (χ4v) is 3.68. The van der Waals surface area contributed by atoms with E-state index in [1.165, 1.54) is 23.0 Å². The molecule has 0 bridgehead atoms. The molecule has 1 aromatic heterocycles. The molecule has 182 valence electrons. The molecule has 34 heavy (non-hydrogen) atoms. The number of hydrogen-bond acceptors (Lipinski definition) is 7. The molecule has 0 saturated carbocycles. The summed E-state index contributed by atoms with van der Waals surface area (Å²) in [5.74, 6) is -0.742. The number of carbonyl (C=O) groups is 3. The average Bonchev–Trinajstić information content (AvgIpc) is 3.18. The van der Waals surface area contributed by atoms with Gasteiger partial charge in [0.1, 0.15) is 11.1 Å². The summed E-state index contributed by atoms with van der Waals surface area (Å²) in [5.41, 5.74) is 0.536. The van der Waals surface area contributed by atoms with E-state index in [9.17, 15) is 24.5 Å². The second-order valence-corrected chi connectivity index (χ2v) is 8.08. The lowest BCUT2D eigenvalue weighted by molar-refractivity contribution is -0.384. The lowest BCUT2D eigenvalue weighted by Crippen LogP contribution is -2.52. The van der Waals surface area contributed by atoms with E-state index in [1.807, 2.05) is 0 Å². The van der Waals surface area contributed by atoms with E-state index in [2.05, 4.69) is 10.4 Å². The third kappa shape index (κ3) is 5.45. The number of anilines is 1. The number of hydrogen-bond donors (Lipinski definition) is 1. The van der Waals surface area contributed by atoms with Gasteiger partial charge < -0.3 is 19.9 Å². The zero-order valence-electron chi connectivity index (χ0n) is 19.0. The van der Waals surface area contributed by atoms with Gasteiger partial charge in [-0.2, -0.15) is 5.10 Å². The quantitative estimate of drug-likeness (QED) is 0.483. The number of nitro benzene ring substituents is 1. The molecule has 1 aliphatic heterocycles. The molecule has 1 aromatic carbocycles. The first-order chi connectivity index (χ1) is 16.1. The summed E-state index contributed by atoms with van der Waals surface area (Å²) in [5, 5.41) is 18.0. The number of halogens is 1. The summed E-state index contributed by atoms with van der Waals surface area (Å²) in [6.07, 6.45) is 1.14. The van der Waals surface area contributed by atoms with Crippen molar-refractivity contribution >= 4 is 40.9 Å². The van der Waals surface area contributed by atoms with Gasteiger partial charge in [-0.05, 0) is 32.9 Å². The van der Waals surface area contributed by atoms with Crippen molar-refractivity contribution in [1.29, 1.82) is 0 Å². The Morgan fingerprint density at radius 2 is 1.88 bits per heavy atom. The second-order valence-electron chi connectivity index (χ2n) is 7.67. The molecule has 3 rings (SSSR count). The number of aromatic nitrogens is 2. The summed E-state index contributed by atoms with van der Waals surface area (Å²) < 4.78 is 6.45. The van der Waals surface area contributed by atoms with Crippen LogP contribution < -0.4 is 5.32 Å². The van der Waals surface area contributed by atoms with E-state index < -0.39 is 23.0 Å². The Morgan fingerprint density at radius 1 is 1.24 bits per heavy atom. The lowest BCUT2D eigenvalue weighted by Gasteiger charge is -2.35. The van der Waals surface area contributed by atoms with Gasteiger partial charge in [-0.3, -0.25) is 24.4 Å². The first-order valence-corrected chi connectivity index (χ1v) is 11.0. The standard InChI is InChI=1S/C21H25ClN6O6/c1-4-34-21(31)26-9-7-25(8-10-26)20(30)14(3)27-12-17(13(2)24-27)23-19(29)15-5-6-16(22)18(11-15)28(32)33/h5-6,11-12,14H,4,7-10H2,1-3H3,(H,23,29). The average molecular weight is 493 g/mol. The van der Waals surface area contributed by atoms with Crippen molar-refractivity contribution in [2.45, 2.75) is 26.8 Å². The first kappa shape index (κ1) is 25.0. The summed E-state index contributed by atoms with van der Waals surface area (Å²) in [7, 11) is 0. The number of nitrogens with one attached hydrogen (secondary N) is 1. The Labute approximate surface area is 200 Å². The van der Waals surface area contributed by atoms with Crippen LogP contribution >= 0.6 is 11.6 Å². The van der Waals surface area contributed by atoms with Crippen molar-refractivity contribution in [3.63, 3.8) is 0 Å². The Morgan fingerprint density at radius 3 is 2.50 bits per heavy atom. The van der Waals surface area contributed by atoms with Gasteiger partial charge in [-0.25, -0.2) is 4.79 Å². The maximum Gasteiger partial charge on any atom is 0.409 e. The summed E-state index contributed by atoms with van der Waals surface area (Å²) in [6.45, 7) is 6.91. The predicted octanol–water partition coefficient (Wildman–Crippen LogP) is 2.87.